The maximum Gasteiger partial charge on any atom is 0.300 e. The molecular formula is C27H24ClNO5. The van der Waals surface area contributed by atoms with Gasteiger partial charge >= 0.3 is 0 Å². The van der Waals surface area contributed by atoms with Crippen LogP contribution in [-0.4, -0.2) is 30.5 Å². The summed E-state index contributed by atoms with van der Waals surface area (Å²) < 4.78 is 10.9. The fraction of sp³-hybridized carbons (Fsp3) is 0.185. The number of rotatable bonds is 6. The van der Waals surface area contributed by atoms with Crippen LogP contribution in [0.4, 0.5) is 5.69 Å². The smallest absolute Gasteiger partial charge is 0.300 e. The fourth-order valence-electron chi connectivity index (χ4n) is 4.08. The number of carbonyl (C=O) groups is 2. The molecule has 34 heavy (non-hydrogen) atoms. The van der Waals surface area contributed by atoms with E-state index in [0.717, 1.165) is 5.56 Å². The molecule has 3 aromatic carbocycles. The summed E-state index contributed by atoms with van der Waals surface area (Å²) in [6, 6.07) is 18.3. The Hall–Kier alpha value is -3.77. The van der Waals surface area contributed by atoms with Crippen LogP contribution in [0.25, 0.3) is 5.76 Å². The van der Waals surface area contributed by atoms with E-state index in [1.807, 2.05) is 32.0 Å². The maximum absolute atomic E-state index is 13.3. The predicted octanol–water partition coefficient (Wildman–Crippen LogP) is 5.68. The number of Topliss-reactive ketones (excluding diaryl/α,β-unsaturated/α-hetero) is 1. The van der Waals surface area contributed by atoms with Crippen LogP contribution in [0.1, 0.15) is 29.7 Å². The third kappa shape index (κ3) is 4.24. The fourth-order valence-corrected chi connectivity index (χ4v) is 4.25. The molecule has 3 aromatic rings. The van der Waals surface area contributed by atoms with Gasteiger partial charge in [0, 0.05) is 11.3 Å². The highest BCUT2D eigenvalue weighted by Crippen LogP contribution is 2.43. The van der Waals surface area contributed by atoms with Gasteiger partial charge in [0.2, 0.25) is 0 Å². The lowest BCUT2D eigenvalue weighted by Gasteiger charge is -2.26. The number of hydrogen-bond donors (Lipinski definition) is 1. The van der Waals surface area contributed by atoms with Gasteiger partial charge in [0.1, 0.15) is 17.3 Å². The molecular weight excluding hydrogens is 454 g/mol. The number of benzene rings is 3. The quantitative estimate of drug-likeness (QED) is 0.281. The Morgan fingerprint density at radius 1 is 1.06 bits per heavy atom. The Kier molecular flexibility index (Phi) is 6.61. The molecule has 0 saturated carbocycles. The summed E-state index contributed by atoms with van der Waals surface area (Å²) >= 11 is 6.20. The number of nitrogens with zero attached hydrogens (tertiary/aromatic N) is 1. The highest BCUT2D eigenvalue weighted by molar-refractivity contribution is 6.51. The lowest BCUT2D eigenvalue weighted by atomic mass is 9.95. The molecule has 7 heteroatoms. The van der Waals surface area contributed by atoms with E-state index in [-0.39, 0.29) is 11.3 Å². The zero-order valence-electron chi connectivity index (χ0n) is 19.0. The Labute approximate surface area is 203 Å². The lowest BCUT2D eigenvalue weighted by molar-refractivity contribution is -0.132. The minimum atomic E-state index is -0.858. The maximum atomic E-state index is 13.3. The minimum Gasteiger partial charge on any atom is -0.507 e. The highest BCUT2D eigenvalue weighted by Gasteiger charge is 2.47. The zero-order chi connectivity index (χ0) is 24.4. The molecule has 1 amide bonds. The first-order valence-corrected chi connectivity index (χ1v) is 11.2. The van der Waals surface area contributed by atoms with Crippen molar-refractivity contribution in [2.45, 2.75) is 19.9 Å². The molecule has 1 N–H and O–H groups in total. The van der Waals surface area contributed by atoms with Gasteiger partial charge in [-0.3, -0.25) is 14.5 Å². The molecule has 1 atom stereocenters. The number of ketones is 1. The third-order valence-corrected chi connectivity index (χ3v) is 5.95. The van der Waals surface area contributed by atoms with E-state index >= 15 is 0 Å². The van der Waals surface area contributed by atoms with E-state index in [9.17, 15) is 14.7 Å². The molecule has 0 aromatic heterocycles. The first-order valence-electron chi connectivity index (χ1n) is 10.8. The van der Waals surface area contributed by atoms with Crippen LogP contribution in [0.2, 0.25) is 5.02 Å². The standard InChI is InChI=1S/C27H24ClNO5/c1-4-34-22-15-18(11-12-21(22)28)25(30)23-24(17-8-6-10-20(14-17)33-3)29(27(32)26(23)31)19-9-5-7-16(2)13-19/h5-15,24,30H,4H2,1-3H3/b25-23-. The molecule has 0 spiro atoms. The second kappa shape index (κ2) is 9.61. The van der Waals surface area contributed by atoms with E-state index in [2.05, 4.69) is 0 Å². The van der Waals surface area contributed by atoms with Crippen LogP contribution in [-0.2, 0) is 9.59 Å². The van der Waals surface area contributed by atoms with Crippen molar-refractivity contribution in [3.05, 3.63) is 94.0 Å². The van der Waals surface area contributed by atoms with Crippen molar-refractivity contribution in [1.29, 1.82) is 0 Å². The number of methoxy groups -OCH3 is 1. The number of anilines is 1. The third-order valence-electron chi connectivity index (χ3n) is 5.64. The summed E-state index contributed by atoms with van der Waals surface area (Å²) in [7, 11) is 1.54. The van der Waals surface area contributed by atoms with Crippen LogP contribution in [0.5, 0.6) is 11.5 Å². The lowest BCUT2D eigenvalue weighted by Crippen LogP contribution is -2.29. The van der Waals surface area contributed by atoms with Crippen molar-refractivity contribution >= 4 is 34.7 Å². The van der Waals surface area contributed by atoms with Gasteiger partial charge in [-0.05, 0) is 67.4 Å². The highest BCUT2D eigenvalue weighted by atomic mass is 35.5. The Morgan fingerprint density at radius 3 is 2.53 bits per heavy atom. The summed E-state index contributed by atoms with van der Waals surface area (Å²) in [5, 5.41) is 11.7. The van der Waals surface area contributed by atoms with Gasteiger partial charge in [-0.25, -0.2) is 0 Å². The van der Waals surface area contributed by atoms with Gasteiger partial charge in [0.05, 0.1) is 30.4 Å². The molecule has 1 heterocycles. The molecule has 0 radical (unpaired) electrons. The number of ether oxygens (including phenoxy) is 2. The largest absolute Gasteiger partial charge is 0.507 e. The van der Waals surface area contributed by atoms with Gasteiger partial charge in [-0.15, -0.1) is 0 Å². The Balaban J connectivity index is 1.95. The SMILES string of the molecule is CCOc1cc(/C(O)=C2/C(=O)C(=O)N(c3cccc(C)c3)C2c2cccc(OC)c2)ccc1Cl. The van der Waals surface area contributed by atoms with Crippen LogP contribution in [0.3, 0.4) is 0 Å². The molecule has 1 saturated heterocycles. The van der Waals surface area contributed by atoms with E-state index in [4.69, 9.17) is 21.1 Å². The van der Waals surface area contributed by atoms with E-state index < -0.39 is 17.7 Å². The summed E-state index contributed by atoms with van der Waals surface area (Å²) in [6.07, 6.45) is 0. The Bertz CT molecular complexity index is 1300. The average molecular weight is 478 g/mol. The van der Waals surface area contributed by atoms with Gasteiger partial charge < -0.3 is 14.6 Å². The summed E-state index contributed by atoms with van der Waals surface area (Å²) in [6.45, 7) is 4.11. The molecule has 1 aliphatic heterocycles. The summed E-state index contributed by atoms with van der Waals surface area (Å²) in [5.41, 5.74) is 2.41. The van der Waals surface area contributed by atoms with E-state index in [0.29, 0.717) is 39.9 Å². The first kappa shape index (κ1) is 23.4. The van der Waals surface area contributed by atoms with Crippen molar-refractivity contribution in [2.24, 2.45) is 0 Å². The molecule has 0 aliphatic carbocycles. The van der Waals surface area contributed by atoms with Crippen LogP contribution in [0.15, 0.2) is 72.3 Å². The number of aryl methyl sites for hydroxylation is 1. The number of hydrogen-bond acceptors (Lipinski definition) is 5. The molecule has 1 unspecified atom stereocenters. The van der Waals surface area contributed by atoms with Crippen LogP contribution in [0, 0.1) is 6.92 Å². The Morgan fingerprint density at radius 2 is 1.82 bits per heavy atom. The molecule has 4 rings (SSSR count). The average Bonchev–Trinajstić information content (AvgIpc) is 3.10. The summed E-state index contributed by atoms with van der Waals surface area (Å²) in [4.78, 5) is 28.0. The van der Waals surface area contributed by atoms with Crippen molar-refractivity contribution in [3.63, 3.8) is 0 Å². The van der Waals surface area contributed by atoms with Crippen molar-refractivity contribution in [2.75, 3.05) is 18.6 Å². The van der Waals surface area contributed by atoms with Gasteiger partial charge in [-0.1, -0.05) is 35.9 Å². The van der Waals surface area contributed by atoms with Crippen LogP contribution >= 0.6 is 11.6 Å². The molecule has 1 aliphatic rings. The number of amides is 1. The van der Waals surface area contributed by atoms with E-state index in [1.54, 1.807) is 55.6 Å². The second-order valence-corrected chi connectivity index (χ2v) is 8.27. The number of aliphatic hydroxyl groups excluding tert-OH is 1. The normalized spacial score (nSPS) is 17.2. The van der Waals surface area contributed by atoms with Gasteiger partial charge in [-0.2, -0.15) is 0 Å². The van der Waals surface area contributed by atoms with Crippen molar-refractivity contribution in [3.8, 4) is 11.5 Å². The number of carbonyl (C=O) groups excluding carboxylic acids is 2. The number of halogens is 1. The molecule has 6 nitrogen and oxygen atoms in total. The van der Waals surface area contributed by atoms with Crippen molar-refractivity contribution < 1.29 is 24.2 Å². The number of aliphatic hydroxyl groups is 1. The monoisotopic (exact) mass is 477 g/mol. The van der Waals surface area contributed by atoms with Crippen LogP contribution < -0.4 is 14.4 Å². The zero-order valence-corrected chi connectivity index (χ0v) is 19.8. The second-order valence-electron chi connectivity index (χ2n) is 7.86. The van der Waals surface area contributed by atoms with E-state index in [1.165, 1.54) is 4.90 Å². The van der Waals surface area contributed by atoms with Crippen molar-refractivity contribution in [1.82, 2.24) is 0 Å². The molecule has 0 bridgehead atoms. The summed E-state index contributed by atoms with van der Waals surface area (Å²) in [5.74, 6) is -0.867. The first-order chi connectivity index (χ1) is 16.3. The minimum absolute atomic E-state index is 0.0236. The molecule has 1 fully saturated rings. The van der Waals surface area contributed by atoms with Gasteiger partial charge in [0.15, 0.2) is 0 Å². The molecule has 174 valence electrons. The predicted molar refractivity (Wildman–Crippen MR) is 132 cm³/mol. The van der Waals surface area contributed by atoms with Gasteiger partial charge in [0.25, 0.3) is 11.7 Å². The topological polar surface area (TPSA) is 76.1 Å².